The Kier molecular flexibility index (Phi) is 6.14. The number of carbonyl (C=O) groups excluding carboxylic acids is 2. The zero-order valence-corrected chi connectivity index (χ0v) is 13.5. The van der Waals surface area contributed by atoms with E-state index < -0.39 is 0 Å². The summed E-state index contributed by atoms with van der Waals surface area (Å²) in [6.45, 7) is 3.74. The topological polar surface area (TPSA) is 64.6 Å². The van der Waals surface area contributed by atoms with E-state index in [2.05, 4.69) is 11.9 Å². The number of nitrogens with one attached hydrogen (secondary N) is 1. The summed E-state index contributed by atoms with van der Waals surface area (Å²) < 4.78 is 11.0. The highest BCUT2D eigenvalue weighted by Gasteiger charge is 2.16. The number of rotatable bonds is 8. The largest absolute Gasteiger partial charge is 0.489 e. The van der Waals surface area contributed by atoms with Gasteiger partial charge in [0.25, 0.3) is 5.91 Å². The van der Waals surface area contributed by atoms with Gasteiger partial charge in [0.15, 0.2) is 12.4 Å². The second-order valence-electron chi connectivity index (χ2n) is 4.91. The summed E-state index contributed by atoms with van der Waals surface area (Å²) in [5.74, 6) is 0.365. The van der Waals surface area contributed by atoms with Crippen molar-refractivity contribution in [2.45, 2.75) is 0 Å². The molecule has 0 aliphatic rings. The molecule has 1 N–H and O–H groups in total. The Bertz CT molecular complexity index is 725. The lowest BCUT2D eigenvalue weighted by Gasteiger charge is -2.13. The molecule has 2 aromatic carbocycles. The molecule has 0 saturated heterocycles. The minimum atomic E-state index is -0.287. The third-order valence-electron chi connectivity index (χ3n) is 3.24. The predicted molar refractivity (Wildman–Crippen MR) is 91.6 cm³/mol. The molecule has 0 saturated carbocycles. The first kappa shape index (κ1) is 17.3. The van der Waals surface area contributed by atoms with Gasteiger partial charge in [0.1, 0.15) is 18.1 Å². The van der Waals surface area contributed by atoms with E-state index in [-0.39, 0.29) is 18.3 Å². The fraction of sp³-hybridized carbons (Fsp3) is 0.158. The molecule has 0 aromatic heterocycles. The van der Waals surface area contributed by atoms with Crippen LogP contribution in [0.25, 0.3) is 0 Å². The maximum Gasteiger partial charge on any atom is 0.257 e. The number of benzene rings is 2. The van der Waals surface area contributed by atoms with Crippen LogP contribution in [-0.2, 0) is 4.79 Å². The molecule has 5 heteroatoms. The molecule has 0 unspecified atom stereocenters. The van der Waals surface area contributed by atoms with Gasteiger partial charge < -0.3 is 14.8 Å². The molecule has 5 nitrogen and oxygen atoms in total. The van der Waals surface area contributed by atoms with Crippen molar-refractivity contribution in [2.75, 3.05) is 20.3 Å². The van der Waals surface area contributed by atoms with Gasteiger partial charge in [-0.25, -0.2) is 0 Å². The third-order valence-corrected chi connectivity index (χ3v) is 3.24. The molecule has 124 valence electrons. The number of hydrogen-bond acceptors (Lipinski definition) is 4. The van der Waals surface area contributed by atoms with Gasteiger partial charge in [-0.2, -0.15) is 0 Å². The standard InChI is InChI=1S/C19H19NO4/c1-3-11-23-15-9-10-16(17(12-15)24-13-18(21)20-2)19(22)14-7-5-4-6-8-14/h3-10,12H,1,11,13H2,2H3,(H,20,21). The molecule has 1 amide bonds. The van der Waals surface area contributed by atoms with Gasteiger partial charge in [-0.15, -0.1) is 0 Å². The average Bonchev–Trinajstić information content (AvgIpc) is 2.64. The molecular weight excluding hydrogens is 306 g/mol. The summed E-state index contributed by atoms with van der Waals surface area (Å²) in [5, 5.41) is 2.47. The van der Waals surface area contributed by atoms with Crippen LogP contribution in [0.4, 0.5) is 0 Å². The maximum atomic E-state index is 12.7. The fourth-order valence-electron chi connectivity index (χ4n) is 2.02. The maximum absolute atomic E-state index is 12.7. The van der Waals surface area contributed by atoms with E-state index in [9.17, 15) is 9.59 Å². The van der Waals surface area contributed by atoms with Crippen LogP contribution in [0.15, 0.2) is 61.2 Å². The lowest BCUT2D eigenvalue weighted by molar-refractivity contribution is -0.122. The summed E-state index contributed by atoms with van der Waals surface area (Å²) in [6.07, 6.45) is 1.62. The number of carbonyl (C=O) groups is 2. The van der Waals surface area contributed by atoms with Crippen molar-refractivity contribution in [3.05, 3.63) is 72.3 Å². The van der Waals surface area contributed by atoms with Crippen LogP contribution < -0.4 is 14.8 Å². The first-order valence-electron chi connectivity index (χ1n) is 7.46. The van der Waals surface area contributed by atoms with Crippen LogP contribution in [0.1, 0.15) is 15.9 Å². The summed E-state index contributed by atoms with van der Waals surface area (Å²) in [6, 6.07) is 13.8. The molecule has 0 atom stereocenters. The molecule has 0 radical (unpaired) electrons. The highest BCUT2D eigenvalue weighted by molar-refractivity contribution is 6.10. The van der Waals surface area contributed by atoms with Crippen molar-refractivity contribution >= 4 is 11.7 Å². The second-order valence-corrected chi connectivity index (χ2v) is 4.91. The van der Waals surface area contributed by atoms with E-state index in [0.717, 1.165) is 0 Å². The van der Waals surface area contributed by atoms with Crippen LogP contribution in [0.3, 0.4) is 0 Å². The highest BCUT2D eigenvalue weighted by atomic mass is 16.5. The molecule has 0 aliphatic heterocycles. The van der Waals surface area contributed by atoms with Crippen LogP contribution in [0, 0.1) is 0 Å². The van der Waals surface area contributed by atoms with Gasteiger partial charge in [0.05, 0.1) is 5.56 Å². The molecule has 0 aliphatic carbocycles. The predicted octanol–water partition coefficient (Wildman–Crippen LogP) is 2.61. The zero-order chi connectivity index (χ0) is 17.4. The Balaban J connectivity index is 2.32. The van der Waals surface area contributed by atoms with E-state index in [1.807, 2.05) is 6.07 Å². The third kappa shape index (κ3) is 4.46. The molecule has 24 heavy (non-hydrogen) atoms. The summed E-state index contributed by atoms with van der Waals surface area (Å²) >= 11 is 0. The molecular formula is C19H19NO4. The van der Waals surface area contributed by atoms with Gasteiger partial charge >= 0.3 is 0 Å². The Morgan fingerprint density at radius 3 is 2.54 bits per heavy atom. The smallest absolute Gasteiger partial charge is 0.257 e. The van der Waals surface area contributed by atoms with Crippen molar-refractivity contribution in [1.82, 2.24) is 5.32 Å². The van der Waals surface area contributed by atoms with Gasteiger partial charge in [0.2, 0.25) is 0 Å². The number of likely N-dealkylation sites (N-methyl/N-ethyl adjacent to an activating group) is 1. The average molecular weight is 325 g/mol. The Labute approximate surface area is 140 Å². The van der Waals surface area contributed by atoms with E-state index >= 15 is 0 Å². The van der Waals surface area contributed by atoms with Crippen molar-refractivity contribution in [2.24, 2.45) is 0 Å². The number of amides is 1. The first-order chi connectivity index (χ1) is 11.7. The van der Waals surface area contributed by atoms with E-state index in [1.54, 1.807) is 48.5 Å². The van der Waals surface area contributed by atoms with Crippen molar-refractivity contribution < 1.29 is 19.1 Å². The molecule has 0 heterocycles. The monoisotopic (exact) mass is 325 g/mol. The van der Waals surface area contributed by atoms with Crippen LogP contribution in [0.2, 0.25) is 0 Å². The van der Waals surface area contributed by atoms with Gasteiger partial charge in [0, 0.05) is 18.7 Å². The summed E-state index contributed by atoms with van der Waals surface area (Å²) in [7, 11) is 1.52. The Morgan fingerprint density at radius 1 is 1.12 bits per heavy atom. The summed E-state index contributed by atoms with van der Waals surface area (Å²) in [4.78, 5) is 24.1. The van der Waals surface area contributed by atoms with Crippen LogP contribution in [-0.4, -0.2) is 32.0 Å². The minimum absolute atomic E-state index is 0.183. The molecule has 2 aromatic rings. The highest BCUT2D eigenvalue weighted by Crippen LogP contribution is 2.27. The quantitative estimate of drug-likeness (QED) is 0.598. The minimum Gasteiger partial charge on any atom is -0.489 e. The lowest BCUT2D eigenvalue weighted by atomic mass is 10.0. The van der Waals surface area contributed by atoms with E-state index in [4.69, 9.17) is 9.47 Å². The van der Waals surface area contributed by atoms with Crippen molar-refractivity contribution in [3.8, 4) is 11.5 Å². The number of ether oxygens (including phenoxy) is 2. The van der Waals surface area contributed by atoms with Gasteiger partial charge in [-0.05, 0) is 12.1 Å². The van der Waals surface area contributed by atoms with Crippen molar-refractivity contribution in [1.29, 1.82) is 0 Å². The first-order valence-corrected chi connectivity index (χ1v) is 7.46. The van der Waals surface area contributed by atoms with E-state index in [0.29, 0.717) is 29.2 Å². The van der Waals surface area contributed by atoms with Crippen LogP contribution in [0.5, 0.6) is 11.5 Å². The zero-order valence-electron chi connectivity index (χ0n) is 13.5. The Morgan fingerprint density at radius 2 is 1.88 bits per heavy atom. The normalized spacial score (nSPS) is 9.88. The molecule has 0 fully saturated rings. The van der Waals surface area contributed by atoms with E-state index in [1.165, 1.54) is 7.05 Å². The van der Waals surface area contributed by atoms with Crippen LogP contribution >= 0.6 is 0 Å². The lowest BCUT2D eigenvalue weighted by Crippen LogP contribution is -2.25. The van der Waals surface area contributed by atoms with Crippen molar-refractivity contribution in [3.63, 3.8) is 0 Å². The molecule has 2 rings (SSSR count). The fourth-order valence-corrected chi connectivity index (χ4v) is 2.02. The van der Waals surface area contributed by atoms with Gasteiger partial charge in [-0.3, -0.25) is 9.59 Å². The molecule has 0 spiro atoms. The SMILES string of the molecule is C=CCOc1ccc(C(=O)c2ccccc2)c(OCC(=O)NC)c1. The summed E-state index contributed by atoms with van der Waals surface area (Å²) in [5.41, 5.74) is 0.915. The Hall–Kier alpha value is -3.08. The molecule has 0 bridgehead atoms. The number of hydrogen-bond donors (Lipinski definition) is 1. The second kappa shape index (κ2) is 8.53. The number of ketones is 1. The van der Waals surface area contributed by atoms with Gasteiger partial charge in [-0.1, -0.05) is 43.0 Å².